The zero-order valence-electron chi connectivity index (χ0n) is 9.76. The van der Waals surface area contributed by atoms with E-state index < -0.39 is 0 Å². The van der Waals surface area contributed by atoms with Crippen LogP contribution in [0.2, 0.25) is 0 Å². The molecule has 3 rings (SSSR count). The van der Waals surface area contributed by atoms with Crippen LogP contribution in [0.1, 0.15) is 25.1 Å². The zero-order chi connectivity index (χ0) is 11.0. The van der Waals surface area contributed by atoms with Gasteiger partial charge in [-0.15, -0.1) is 10.2 Å². The van der Waals surface area contributed by atoms with Gasteiger partial charge in [0.2, 0.25) is 0 Å². The first-order valence-corrected chi connectivity index (χ1v) is 6.15. The van der Waals surface area contributed by atoms with E-state index in [1.54, 1.807) is 6.33 Å². The Kier molecular flexibility index (Phi) is 2.65. The van der Waals surface area contributed by atoms with Crippen molar-refractivity contribution in [3.05, 3.63) is 12.2 Å². The highest BCUT2D eigenvalue weighted by atomic mass is 15.3. The summed E-state index contributed by atoms with van der Waals surface area (Å²) in [7, 11) is 1.99. The maximum absolute atomic E-state index is 4.10. The summed E-state index contributed by atoms with van der Waals surface area (Å²) in [6.07, 6.45) is 5.76. The van der Waals surface area contributed by atoms with Crippen LogP contribution in [-0.2, 0) is 13.6 Å². The molecule has 0 aliphatic carbocycles. The average Bonchev–Trinajstić information content (AvgIpc) is 2.92. The highest BCUT2D eigenvalue weighted by molar-refractivity contribution is 4.96. The molecule has 1 N–H and O–H groups in total. The van der Waals surface area contributed by atoms with Crippen molar-refractivity contribution >= 4 is 0 Å². The summed E-state index contributed by atoms with van der Waals surface area (Å²) in [5.74, 6) is 1.02. The summed E-state index contributed by atoms with van der Waals surface area (Å²) in [5.41, 5.74) is 0. The van der Waals surface area contributed by atoms with Gasteiger partial charge in [-0.2, -0.15) is 0 Å². The maximum Gasteiger partial charge on any atom is 0.146 e. The molecule has 2 saturated heterocycles. The van der Waals surface area contributed by atoms with E-state index in [9.17, 15) is 0 Å². The fourth-order valence-electron chi connectivity index (χ4n) is 3.01. The molecular weight excluding hydrogens is 202 g/mol. The van der Waals surface area contributed by atoms with Gasteiger partial charge in [0.1, 0.15) is 12.2 Å². The summed E-state index contributed by atoms with van der Waals surface area (Å²) in [6.45, 7) is 3.40. The van der Waals surface area contributed by atoms with E-state index in [4.69, 9.17) is 0 Å². The number of aromatic nitrogens is 3. The minimum Gasteiger partial charge on any atom is -0.320 e. The van der Waals surface area contributed by atoms with E-state index >= 15 is 0 Å². The topological polar surface area (TPSA) is 46.0 Å². The number of nitrogens with zero attached hydrogens (tertiary/aromatic N) is 4. The second-order valence-electron chi connectivity index (χ2n) is 4.88. The minimum absolute atomic E-state index is 0.652. The third kappa shape index (κ3) is 1.74. The number of nitrogens with one attached hydrogen (secondary N) is 1. The van der Waals surface area contributed by atoms with Crippen LogP contribution in [0.5, 0.6) is 0 Å². The van der Waals surface area contributed by atoms with Crippen LogP contribution >= 0.6 is 0 Å². The SMILES string of the molecule is Cn1cnnc1CNC1CCN2CCCC12. The van der Waals surface area contributed by atoms with Crippen molar-refractivity contribution in [1.29, 1.82) is 0 Å². The van der Waals surface area contributed by atoms with Gasteiger partial charge < -0.3 is 9.88 Å². The summed E-state index contributed by atoms with van der Waals surface area (Å²) >= 11 is 0. The molecule has 3 heterocycles. The fourth-order valence-corrected chi connectivity index (χ4v) is 3.01. The van der Waals surface area contributed by atoms with Crippen LogP contribution in [0.3, 0.4) is 0 Å². The molecule has 2 atom stereocenters. The van der Waals surface area contributed by atoms with E-state index in [1.807, 2.05) is 11.6 Å². The molecular formula is C11H19N5. The Labute approximate surface area is 95.8 Å². The van der Waals surface area contributed by atoms with Gasteiger partial charge in [-0.3, -0.25) is 4.90 Å². The largest absolute Gasteiger partial charge is 0.320 e. The molecule has 0 amide bonds. The van der Waals surface area contributed by atoms with Gasteiger partial charge in [0.05, 0.1) is 6.54 Å². The van der Waals surface area contributed by atoms with Gasteiger partial charge >= 0.3 is 0 Å². The molecule has 0 bridgehead atoms. The summed E-state index contributed by atoms with van der Waals surface area (Å²) in [6, 6.07) is 1.42. The zero-order valence-corrected chi connectivity index (χ0v) is 9.76. The summed E-state index contributed by atoms with van der Waals surface area (Å²) < 4.78 is 1.98. The lowest BCUT2D eigenvalue weighted by Crippen LogP contribution is -2.39. The van der Waals surface area contributed by atoms with Crippen molar-refractivity contribution in [2.24, 2.45) is 7.05 Å². The second-order valence-corrected chi connectivity index (χ2v) is 4.88. The van der Waals surface area contributed by atoms with Crippen LogP contribution in [-0.4, -0.2) is 44.8 Å². The third-order valence-electron chi connectivity index (χ3n) is 3.93. The molecule has 1 aromatic heterocycles. The highest BCUT2D eigenvalue weighted by Gasteiger charge is 2.36. The summed E-state index contributed by atoms with van der Waals surface area (Å²) in [4.78, 5) is 2.62. The second kappa shape index (κ2) is 4.14. The van der Waals surface area contributed by atoms with Gasteiger partial charge in [0.15, 0.2) is 0 Å². The Morgan fingerprint density at radius 3 is 3.19 bits per heavy atom. The minimum atomic E-state index is 0.652. The first kappa shape index (κ1) is 10.2. The van der Waals surface area contributed by atoms with Crippen molar-refractivity contribution in [2.75, 3.05) is 13.1 Å². The van der Waals surface area contributed by atoms with Gasteiger partial charge in [-0.1, -0.05) is 0 Å². The van der Waals surface area contributed by atoms with Crippen molar-refractivity contribution in [3.63, 3.8) is 0 Å². The van der Waals surface area contributed by atoms with Gasteiger partial charge in [-0.05, 0) is 25.8 Å². The smallest absolute Gasteiger partial charge is 0.146 e. The molecule has 1 aromatic rings. The Hall–Kier alpha value is -0.940. The van der Waals surface area contributed by atoms with Crippen LogP contribution in [0.15, 0.2) is 6.33 Å². The molecule has 2 aliphatic rings. The molecule has 16 heavy (non-hydrogen) atoms. The fraction of sp³-hybridized carbons (Fsp3) is 0.818. The van der Waals surface area contributed by atoms with Gasteiger partial charge in [0, 0.05) is 25.7 Å². The Bertz CT molecular complexity index is 361. The lowest BCUT2D eigenvalue weighted by atomic mass is 10.1. The lowest BCUT2D eigenvalue weighted by molar-refractivity contribution is 0.297. The standard InChI is InChI=1S/C11H19N5/c1-15-8-13-14-11(15)7-12-9-4-6-16-5-2-3-10(9)16/h8-10,12H,2-7H2,1H3. The number of hydrogen-bond acceptors (Lipinski definition) is 4. The quantitative estimate of drug-likeness (QED) is 0.789. The molecule has 0 aromatic carbocycles. The molecule has 88 valence electrons. The Balaban J connectivity index is 1.58. The van der Waals surface area contributed by atoms with Crippen LogP contribution in [0.25, 0.3) is 0 Å². The predicted octanol–water partition coefficient (Wildman–Crippen LogP) is 0.141. The van der Waals surface area contributed by atoms with Crippen LogP contribution in [0, 0.1) is 0 Å². The molecule has 2 aliphatic heterocycles. The van der Waals surface area contributed by atoms with E-state index in [0.29, 0.717) is 6.04 Å². The Morgan fingerprint density at radius 1 is 1.44 bits per heavy atom. The van der Waals surface area contributed by atoms with Crippen molar-refractivity contribution in [2.45, 2.75) is 37.9 Å². The normalized spacial score (nSPS) is 29.8. The molecule has 0 spiro atoms. The van der Waals surface area contributed by atoms with Crippen molar-refractivity contribution < 1.29 is 0 Å². The molecule has 2 fully saturated rings. The summed E-state index contributed by atoms with van der Waals surface area (Å²) in [5, 5.41) is 11.6. The van der Waals surface area contributed by atoms with E-state index in [0.717, 1.165) is 18.4 Å². The molecule has 0 radical (unpaired) electrons. The van der Waals surface area contributed by atoms with Crippen molar-refractivity contribution in [1.82, 2.24) is 25.0 Å². The predicted molar refractivity (Wildman–Crippen MR) is 60.8 cm³/mol. The maximum atomic E-state index is 4.10. The average molecular weight is 221 g/mol. The number of rotatable bonds is 3. The number of fused-ring (bicyclic) bond motifs is 1. The molecule has 5 nitrogen and oxygen atoms in total. The molecule has 2 unspecified atom stereocenters. The molecule has 5 heteroatoms. The lowest BCUT2D eigenvalue weighted by Gasteiger charge is -2.20. The first-order valence-electron chi connectivity index (χ1n) is 6.15. The van der Waals surface area contributed by atoms with E-state index in [2.05, 4.69) is 20.4 Å². The van der Waals surface area contributed by atoms with E-state index in [1.165, 1.54) is 32.4 Å². The van der Waals surface area contributed by atoms with Crippen LogP contribution < -0.4 is 5.32 Å². The van der Waals surface area contributed by atoms with E-state index in [-0.39, 0.29) is 0 Å². The van der Waals surface area contributed by atoms with Gasteiger partial charge in [0.25, 0.3) is 0 Å². The first-order chi connectivity index (χ1) is 7.84. The highest BCUT2D eigenvalue weighted by Crippen LogP contribution is 2.27. The third-order valence-corrected chi connectivity index (χ3v) is 3.93. The van der Waals surface area contributed by atoms with Gasteiger partial charge in [-0.25, -0.2) is 0 Å². The Morgan fingerprint density at radius 2 is 2.38 bits per heavy atom. The van der Waals surface area contributed by atoms with Crippen molar-refractivity contribution in [3.8, 4) is 0 Å². The molecule has 0 saturated carbocycles. The number of aryl methyl sites for hydroxylation is 1. The number of hydrogen-bond donors (Lipinski definition) is 1. The van der Waals surface area contributed by atoms with Crippen LogP contribution in [0.4, 0.5) is 0 Å². The monoisotopic (exact) mass is 221 g/mol.